The molecule has 4 aliphatic heterocycles. The first-order valence-corrected chi connectivity index (χ1v) is 25.3. The number of aromatic nitrogens is 2. The molecule has 14 nitrogen and oxygen atoms in total. The minimum Gasteiger partial charge on any atom is -0.508 e. The molecule has 370 valence electrons. The number of amides is 4. The van der Waals surface area contributed by atoms with Crippen LogP contribution in [0, 0.1) is 17.8 Å². The van der Waals surface area contributed by atoms with Gasteiger partial charge in [-0.15, -0.1) is 0 Å². The van der Waals surface area contributed by atoms with Gasteiger partial charge in [0.25, 0.3) is 0 Å². The first kappa shape index (κ1) is 47.5. The molecule has 0 radical (unpaired) electrons. The molecule has 1 aromatic heterocycles. The first-order valence-electron chi connectivity index (χ1n) is 25.3. The van der Waals surface area contributed by atoms with Crippen LogP contribution in [-0.4, -0.2) is 91.6 Å². The number of rotatable bonds is 7. The molecule has 3 N–H and O–H groups in total. The van der Waals surface area contributed by atoms with Crippen LogP contribution in [0.2, 0.25) is 0 Å². The number of phenolic OH excluding ortho intramolecular Hbond substituents is 1. The lowest BCUT2D eigenvalue weighted by atomic mass is 9.64. The number of aromatic hydroxyl groups is 1. The van der Waals surface area contributed by atoms with E-state index in [1.165, 1.54) is 12.1 Å². The van der Waals surface area contributed by atoms with Gasteiger partial charge in [-0.1, -0.05) is 128 Å². The van der Waals surface area contributed by atoms with Gasteiger partial charge in [0.15, 0.2) is 0 Å². The molecule has 4 amide bonds. The van der Waals surface area contributed by atoms with E-state index in [4.69, 9.17) is 4.74 Å². The van der Waals surface area contributed by atoms with Crippen LogP contribution >= 0.6 is 0 Å². The normalized spacial score (nSPS) is 24.9. The minimum atomic E-state index is -2.02. The van der Waals surface area contributed by atoms with Crippen LogP contribution in [-0.2, 0) is 24.5 Å². The average Bonchev–Trinajstić information content (AvgIpc) is 3.79. The van der Waals surface area contributed by atoms with Crippen LogP contribution in [0.15, 0.2) is 152 Å². The molecule has 1 spiro atoms. The number of fused-ring (bicyclic) bond motifs is 3. The molecule has 5 aliphatic rings. The number of urea groups is 1. The van der Waals surface area contributed by atoms with Gasteiger partial charge >= 0.3 is 12.0 Å². The van der Waals surface area contributed by atoms with E-state index in [2.05, 4.69) is 27.1 Å². The Morgan fingerprint density at radius 3 is 2.03 bits per heavy atom. The van der Waals surface area contributed by atoms with Gasteiger partial charge in [0.05, 0.1) is 29.7 Å². The number of cyclic esters (lactones) is 1. The molecule has 5 aromatic carbocycles. The van der Waals surface area contributed by atoms with Gasteiger partial charge in [-0.3, -0.25) is 19.3 Å². The fourth-order valence-corrected chi connectivity index (χ4v) is 12.1. The van der Waals surface area contributed by atoms with Crippen LogP contribution in [0.4, 0.5) is 16.4 Å². The van der Waals surface area contributed by atoms with Gasteiger partial charge in [-0.25, -0.2) is 19.7 Å². The summed E-state index contributed by atoms with van der Waals surface area (Å²) in [7, 11) is 0. The molecule has 11 rings (SSSR count). The Labute approximate surface area is 424 Å². The zero-order valence-corrected chi connectivity index (χ0v) is 40.6. The molecule has 3 saturated heterocycles. The van der Waals surface area contributed by atoms with Crippen LogP contribution in [0.3, 0.4) is 0 Å². The number of carbonyl (C=O) groups is 4. The number of carbonyl (C=O) groups excluding carboxylic acids is 4. The molecular formula is C59H57N7O7. The van der Waals surface area contributed by atoms with E-state index in [0.717, 1.165) is 41.7 Å². The molecule has 0 bridgehead atoms. The van der Waals surface area contributed by atoms with Crippen LogP contribution in [0.1, 0.15) is 103 Å². The van der Waals surface area contributed by atoms with Crippen LogP contribution in [0.25, 0.3) is 0 Å². The molecule has 14 heteroatoms. The SMILES string of the molecule is CC(NC(=O)N1C(=O)C2(c3cc(C#CC4(O)CCCCCC4)ccc31)C(C(=O)N1CCN(c3ncccn3)CC1)C1C(=O)OC(c3ccccc3)C(c3ccccc3)N1C2c1ccc(O)cc1)c1ccccc1. The number of aliphatic hydroxyl groups is 1. The smallest absolute Gasteiger partial charge is 0.329 e. The van der Waals surface area contributed by atoms with Gasteiger partial charge in [0, 0.05) is 44.1 Å². The quantitative estimate of drug-likeness (QED) is 0.0803. The molecule has 7 atom stereocenters. The highest BCUT2D eigenvalue weighted by Crippen LogP contribution is 2.66. The number of esters is 1. The number of nitrogens with one attached hydrogen (secondary N) is 1. The number of nitrogens with zero attached hydrogens (tertiary/aromatic N) is 6. The molecular weight excluding hydrogens is 919 g/mol. The highest BCUT2D eigenvalue weighted by Gasteiger charge is 2.76. The first-order chi connectivity index (χ1) is 35.6. The third kappa shape index (κ3) is 8.56. The largest absolute Gasteiger partial charge is 0.508 e. The third-order valence-electron chi connectivity index (χ3n) is 15.6. The van der Waals surface area contributed by atoms with E-state index < -0.39 is 71.0 Å². The summed E-state index contributed by atoms with van der Waals surface area (Å²) in [6.45, 7) is 3.02. The van der Waals surface area contributed by atoms with E-state index in [1.54, 1.807) is 53.7 Å². The monoisotopic (exact) mass is 975 g/mol. The highest BCUT2D eigenvalue weighted by molar-refractivity contribution is 6.24. The second kappa shape index (κ2) is 19.6. The summed E-state index contributed by atoms with van der Waals surface area (Å²) in [6.07, 6.45) is 7.15. The maximum atomic E-state index is 16.8. The third-order valence-corrected chi connectivity index (χ3v) is 15.6. The Morgan fingerprint density at radius 2 is 1.37 bits per heavy atom. The Hall–Kier alpha value is -7.86. The maximum Gasteiger partial charge on any atom is 0.329 e. The fourth-order valence-electron chi connectivity index (χ4n) is 12.1. The van der Waals surface area contributed by atoms with Crippen molar-refractivity contribution >= 4 is 35.5 Å². The number of imide groups is 1. The Balaban J connectivity index is 1.16. The van der Waals surface area contributed by atoms with Gasteiger partial charge in [-0.05, 0) is 96.8 Å². The number of piperazine rings is 1. The molecule has 5 heterocycles. The van der Waals surface area contributed by atoms with Crippen LogP contribution in [0.5, 0.6) is 5.75 Å². The zero-order chi connectivity index (χ0) is 50.3. The van der Waals surface area contributed by atoms with E-state index in [9.17, 15) is 10.2 Å². The predicted molar refractivity (Wildman–Crippen MR) is 274 cm³/mol. The van der Waals surface area contributed by atoms with Crippen molar-refractivity contribution < 1.29 is 34.1 Å². The number of ether oxygens (including phenoxy) is 1. The zero-order valence-electron chi connectivity index (χ0n) is 40.6. The number of phenols is 1. The second-order valence-electron chi connectivity index (χ2n) is 19.9. The molecule has 4 fully saturated rings. The lowest BCUT2D eigenvalue weighted by molar-refractivity contribution is -0.179. The van der Waals surface area contributed by atoms with Crippen molar-refractivity contribution in [2.24, 2.45) is 5.92 Å². The predicted octanol–water partition coefficient (Wildman–Crippen LogP) is 8.10. The van der Waals surface area contributed by atoms with E-state index >= 15 is 19.2 Å². The van der Waals surface area contributed by atoms with Crippen molar-refractivity contribution in [1.82, 2.24) is 25.1 Å². The lowest BCUT2D eigenvalue weighted by Crippen LogP contribution is -2.59. The summed E-state index contributed by atoms with van der Waals surface area (Å²) < 4.78 is 6.68. The van der Waals surface area contributed by atoms with Crippen molar-refractivity contribution in [2.45, 2.75) is 86.7 Å². The van der Waals surface area contributed by atoms with Gasteiger partial charge < -0.3 is 30.1 Å². The van der Waals surface area contributed by atoms with Crippen molar-refractivity contribution in [3.05, 3.63) is 185 Å². The van der Waals surface area contributed by atoms with Gasteiger partial charge in [0.1, 0.15) is 28.9 Å². The molecule has 6 aromatic rings. The number of hydrogen-bond acceptors (Lipinski definition) is 11. The summed E-state index contributed by atoms with van der Waals surface area (Å²) in [4.78, 5) is 79.9. The Morgan fingerprint density at radius 1 is 0.740 bits per heavy atom. The topological polar surface area (TPSA) is 169 Å². The molecule has 7 unspecified atom stereocenters. The molecule has 1 saturated carbocycles. The van der Waals surface area contributed by atoms with Crippen molar-refractivity contribution in [3.8, 4) is 17.6 Å². The maximum absolute atomic E-state index is 16.8. The van der Waals surface area contributed by atoms with Crippen molar-refractivity contribution in [3.63, 3.8) is 0 Å². The Bertz CT molecular complexity index is 3060. The summed E-state index contributed by atoms with van der Waals surface area (Å²) in [5.74, 6) is 3.63. The minimum absolute atomic E-state index is 0.0249. The number of anilines is 2. The fraction of sp³-hybridized carbons (Fsp3) is 0.322. The lowest BCUT2D eigenvalue weighted by Gasteiger charge is -2.46. The van der Waals surface area contributed by atoms with E-state index in [1.807, 2.05) is 108 Å². The molecule has 1 aliphatic carbocycles. The second-order valence-corrected chi connectivity index (χ2v) is 19.9. The number of morpholine rings is 1. The standard InChI is InChI=1S/C59H57N7O7/c1-39(41-16-7-4-8-17-41)62-57(71)65-47-27-22-40(28-31-58(72)29-13-2-3-14-30-58)38-46(47)59(55(65)70)48(53(68)63-34-36-64(37-35-63)56-60-32-15-33-61-56)50-54(69)73-51(43-20-11-6-12-21-43)49(42-18-9-5-10-19-42)66(50)52(59)44-23-25-45(67)26-24-44/h4-12,15-27,32-33,38-39,48-52,67,72H,2-3,13-14,29-30,34-37H2,1H3,(H,62,71). The van der Waals surface area contributed by atoms with Gasteiger partial charge in [0.2, 0.25) is 17.8 Å². The van der Waals surface area contributed by atoms with E-state index in [0.29, 0.717) is 54.1 Å². The van der Waals surface area contributed by atoms with Crippen LogP contribution < -0.4 is 15.1 Å². The van der Waals surface area contributed by atoms with Crippen molar-refractivity contribution in [2.75, 3.05) is 36.0 Å². The summed E-state index contributed by atoms with van der Waals surface area (Å²) >= 11 is 0. The summed E-state index contributed by atoms with van der Waals surface area (Å²) in [5.41, 5.74) is 0.596. The summed E-state index contributed by atoms with van der Waals surface area (Å²) in [5, 5.41) is 25.8. The summed E-state index contributed by atoms with van der Waals surface area (Å²) in [6, 6.07) is 37.4. The van der Waals surface area contributed by atoms with E-state index in [-0.39, 0.29) is 24.5 Å². The number of hydrogen-bond donors (Lipinski definition) is 3. The average molecular weight is 976 g/mol. The molecule has 73 heavy (non-hydrogen) atoms. The Kier molecular flexibility index (Phi) is 12.8. The van der Waals surface area contributed by atoms with Gasteiger partial charge in [-0.2, -0.15) is 0 Å². The van der Waals surface area contributed by atoms with Crippen molar-refractivity contribution in [1.29, 1.82) is 0 Å². The highest BCUT2D eigenvalue weighted by atomic mass is 16.6. The number of benzene rings is 5.